The van der Waals surface area contributed by atoms with E-state index in [0.717, 1.165) is 83.5 Å². The number of nitro benzene ring substituents is 1. The number of nitro groups is 1. The average molecular weight is 463 g/mol. The van der Waals surface area contributed by atoms with Crippen molar-refractivity contribution in [2.45, 2.75) is 109 Å². The average Bonchev–Trinajstić information content (AvgIpc) is 2.78. The quantitative estimate of drug-likeness (QED) is 0.0519. The summed E-state index contributed by atoms with van der Waals surface area (Å²) in [4.78, 5) is 24.2. The summed E-state index contributed by atoms with van der Waals surface area (Å²) < 4.78 is 6.09. The largest absolute Gasteiger partial charge is 0.484 e. The molecule has 1 N–H and O–H groups in total. The molecule has 0 radical (unpaired) electrons. The summed E-state index contributed by atoms with van der Waals surface area (Å²) in [6, 6.07) is 4.30. The van der Waals surface area contributed by atoms with Gasteiger partial charge >= 0.3 is 11.7 Å². The van der Waals surface area contributed by atoms with Crippen LogP contribution in [0.15, 0.2) is 23.3 Å². The molecule has 9 heteroatoms. The van der Waals surface area contributed by atoms with Crippen LogP contribution in [0.3, 0.4) is 0 Å². The molecule has 0 saturated heterocycles. The number of azide groups is 1. The Hall–Kier alpha value is -2.80. The molecule has 0 saturated carbocycles. The summed E-state index contributed by atoms with van der Waals surface area (Å²) in [6.45, 7) is 2.16. The normalized spacial score (nSPS) is 11.5. The highest BCUT2D eigenvalue weighted by molar-refractivity contribution is 5.66. The molecule has 0 amide bonds. The van der Waals surface area contributed by atoms with Gasteiger partial charge in [0.2, 0.25) is 0 Å². The number of carboxylic acid groups (broad SMARTS) is 1. The first-order chi connectivity index (χ1) is 16.0. The van der Waals surface area contributed by atoms with E-state index in [1.54, 1.807) is 0 Å². The van der Waals surface area contributed by atoms with E-state index in [0.29, 0.717) is 0 Å². The van der Waals surface area contributed by atoms with Crippen molar-refractivity contribution in [2.24, 2.45) is 5.11 Å². The Balaban J connectivity index is 2.51. The van der Waals surface area contributed by atoms with Gasteiger partial charge < -0.3 is 9.84 Å². The van der Waals surface area contributed by atoms with Gasteiger partial charge in [0.25, 0.3) is 0 Å². The number of aliphatic carboxylic acids is 1. The maximum atomic E-state index is 11.5. The van der Waals surface area contributed by atoms with Gasteiger partial charge in [0.1, 0.15) is 0 Å². The molecule has 1 rings (SSSR count). The van der Waals surface area contributed by atoms with Gasteiger partial charge in [-0.3, -0.25) is 14.9 Å². The minimum atomic E-state index is -0.724. The summed E-state index contributed by atoms with van der Waals surface area (Å²) in [5.74, 6) is -0.503. The molecule has 0 spiro atoms. The van der Waals surface area contributed by atoms with Crippen LogP contribution in [-0.2, 0) is 4.79 Å². The van der Waals surface area contributed by atoms with E-state index in [1.807, 2.05) is 0 Å². The van der Waals surface area contributed by atoms with Crippen LogP contribution in [-0.4, -0.2) is 22.1 Å². The number of benzene rings is 1. The Morgan fingerprint density at radius 2 is 1.64 bits per heavy atom. The zero-order valence-electron chi connectivity index (χ0n) is 19.8. The Kier molecular flexibility index (Phi) is 15.2. The molecule has 0 aliphatic rings. The van der Waals surface area contributed by atoms with Crippen molar-refractivity contribution in [2.75, 3.05) is 0 Å². The fourth-order valence-corrected chi connectivity index (χ4v) is 3.81. The van der Waals surface area contributed by atoms with Gasteiger partial charge in [0.05, 0.1) is 11.0 Å². The number of hydrogen-bond acceptors (Lipinski definition) is 5. The molecule has 33 heavy (non-hydrogen) atoms. The van der Waals surface area contributed by atoms with Crippen LogP contribution in [0.5, 0.6) is 5.75 Å². The molecule has 0 bridgehead atoms. The minimum absolute atomic E-state index is 0.0816. The van der Waals surface area contributed by atoms with E-state index in [-0.39, 0.29) is 29.6 Å². The molecule has 1 aromatic rings. The van der Waals surface area contributed by atoms with Crippen molar-refractivity contribution in [3.63, 3.8) is 0 Å². The van der Waals surface area contributed by atoms with Crippen LogP contribution < -0.4 is 4.74 Å². The molecular formula is C24H38N4O5. The van der Waals surface area contributed by atoms with E-state index in [1.165, 1.54) is 24.6 Å². The van der Waals surface area contributed by atoms with Crippen molar-refractivity contribution >= 4 is 17.3 Å². The third-order valence-electron chi connectivity index (χ3n) is 5.64. The smallest absolute Gasteiger partial charge is 0.311 e. The zero-order chi connectivity index (χ0) is 24.3. The van der Waals surface area contributed by atoms with E-state index < -0.39 is 10.9 Å². The van der Waals surface area contributed by atoms with Crippen LogP contribution in [0.2, 0.25) is 0 Å². The maximum Gasteiger partial charge on any atom is 0.311 e. The van der Waals surface area contributed by atoms with Gasteiger partial charge in [-0.25, -0.2) is 0 Å². The fraction of sp³-hybridized carbons (Fsp3) is 0.708. The monoisotopic (exact) mass is 462 g/mol. The van der Waals surface area contributed by atoms with Crippen LogP contribution in [0.4, 0.5) is 11.4 Å². The number of ether oxygens (including phenoxy) is 1. The second-order valence-electron chi connectivity index (χ2n) is 8.45. The van der Waals surface area contributed by atoms with Crippen molar-refractivity contribution in [3.8, 4) is 5.75 Å². The van der Waals surface area contributed by atoms with Crippen LogP contribution >= 0.6 is 0 Å². The number of carboxylic acids is 1. The number of nitrogens with zero attached hydrogens (tertiary/aromatic N) is 4. The van der Waals surface area contributed by atoms with Crippen molar-refractivity contribution in [3.05, 3.63) is 38.8 Å². The van der Waals surface area contributed by atoms with Crippen molar-refractivity contribution in [1.29, 1.82) is 0 Å². The van der Waals surface area contributed by atoms with Gasteiger partial charge in [-0.15, -0.1) is 0 Å². The standard InChI is InChI=1S/C24H38N4O5/c1-2-3-4-11-14-21(15-12-9-7-5-6-8-10-13-16-24(29)30)33-23-18-17-20(26-27-25)19-22(23)28(31)32/h17-19,21H,2-16H2,1H3,(H,29,30). The third kappa shape index (κ3) is 13.4. The molecule has 1 unspecified atom stereocenters. The summed E-state index contributed by atoms with van der Waals surface area (Å²) in [5.41, 5.74) is 8.59. The van der Waals surface area contributed by atoms with Crippen LogP contribution in [0, 0.1) is 10.1 Å². The van der Waals surface area contributed by atoms with Gasteiger partial charge in [-0.2, -0.15) is 0 Å². The first-order valence-electron chi connectivity index (χ1n) is 12.2. The lowest BCUT2D eigenvalue weighted by molar-refractivity contribution is -0.386. The maximum absolute atomic E-state index is 11.5. The Morgan fingerprint density at radius 3 is 2.18 bits per heavy atom. The highest BCUT2D eigenvalue weighted by atomic mass is 16.6. The summed E-state index contributed by atoms with van der Waals surface area (Å²) in [7, 11) is 0. The van der Waals surface area contributed by atoms with Crippen LogP contribution in [0.1, 0.15) is 103 Å². The van der Waals surface area contributed by atoms with Gasteiger partial charge in [0.15, 0.2) is 5.75 Å². The second kappa shape index (κ2) is 17.7. The van der Waals surface area contributed by atoms with E-state index >= 15 is 0 Å². The van der Waals surface area contributed by atoms with Gasteiger partial charge in [0, 0.05) is 23.1 Å². The molecule has 0 heterocycles. The SMILES string of the molecule is CCCCCCC(CCCCCCCCCCC(=O)O)Oc1ccc(N=[N+]=[N-])cc1[N+](=O)[O-]. The Labute approximate surface area is 196 Å². The van der Waals surface area contributed by atoms with Crippen molar-refractivity contribution in [1.82, 2.24) is 0 Å². The lowest BCUT2D eigenvalue weighted by Gasteiger charge is -2.19. The molecule has 0 aliphatic carbocycles. The number of carbonyl (C=O) groups is 1. The summed E-state index contributed by atoms with van der Waals surface area (Å²) in [5, 5.41) is 23.6. The van der Waals surface area contributed by atoms with E-state index in [2.05, 4.69) is 16.9 Å². The molecule has 0 aliphatic heterocycles. The fourth-order valence-electron chi connectivity index (χ4n) is 3.81. The lowest BCUT2D eigenvalue weighted by Crippen LogP contribution is -2.17. The van der Waals surface area contributed by atoms with Crippen LogP contribution in [0.25, 0.3) is 10.4 Å². The third-order valence-corrected chi connectivity index (χ3v) is 5.64. The van der Waals surface area contributed by atoms with E-state index in [9.17, 15) is 14.9 Å². The number of rotatable bonds is 20. The first-order valence-corrected chi connectivity index (χ1v) is 12.2. The molecular weight excluding hydrogens is 424 g/mol. The Morgan fingerprint density at radius 1 is 1.06 bits per heavy atom. The lowest BCUT2D eigenvalue weighted by atomic mass is 10.0. The molecule has 0 aromatic heterocycles. The molecule has 1 aromatic carbocycles. The zero-order valence-corrected chi connectivity index (χ0v) is 19.8. The van der Waals surface area contributed by atoms with Gasteiger partial charge in [-0.1, -0.05) is 69.8 Å². The molecule has 1 atom stereocenters. The predicted molar refractivity (Wildman–Crippen MR) is 129 cm³/mol. The second-order valence-corrected chi connectivity index (χ2v) is 8.45. The summed E-state index contributed by atoms with van der Waals surface area (Å²) >= 11 is 0. The van der Waals surface area contributed by atoms with Crippen molar-refractivity contribution < 1.29 is 19.6 Å². The minimum Gasteiger partial charge on any atom is -0.484 e. The summed E-state index contributed by atoms with van der Waals surface area (Å²) in [6.07, 6.45) is 14.6. The molecule has 9 nitrogen and oxygen atoms in total. The van der Waals surface area contributed by atoms with Gasteiger partial charge in [-0.05, 0) is 49.8 Å². The molecule has 0 fully saturated rings. The number of unbranched alkanes of at least 4 members (excludes halogenated alkanes) is 10. The number of hydrogen-bond donors (Lipinski definition) is 1. The van der Waals surface area contributed by atoms with E-state index in [4.69, 9.17) is 15.4 Å². The highest BCUT2D eigenvalue weighted by Gasteiger charge is 2.20. The Bertz CT molecular complexity index is 765. The predicted octanol–water partition coefficient (Wildman–Crippen LogP) is 8.24. The highest BCUT2D eigenvalue weighted by Crippen LogP contribution is 2.33. The first kappa shape index (κ1) is 28.2. The molecule has 184 valence electrons. The topological polar surface area (TPSA) is 138 Å².